The second kappa shape index (κ2) is 12.2. The van der Waals surface area contributed by atoms with Gasteiger partial charge in [0.25, 0.3) is 0 Å². The number of hydrogen-bond donors (Lipinski definition) is 8. The Kier molecular flexibility index (Phi) is 9.68. The van der Waals surface area contributed by atoms with Crippen LogP contribution in [0.5, 0.6) is 28.7 Å². The minimum absolute atomic E-state index is 0.0115. The first-order valence-electron chi connectivity index (χ1n) is 10.3. The first-order chi connectivity index (χ1) is 16.8. The van der Waals surface area contributed by atoms with Crippen molar-refractivity contribution < 1.29 is 54.7 Å². The Morgan fingerprint density at radius 2 is 1.66 bits per heavy atom. The number of aliphatic hydroxyl groups is 4. The lowest BCUT2D eigenvalue weighted by Crippen LogP contribution is -2.40. The van der Waals surface area contributed by atoms with Gasteiger partial charge in [-0.15, -0.1) is 0 Å². The molecular formula is C23H28O12. The van der Waals surface area contributed by atoms with Crippen molar-refractivity contribution in [2.45, 2.75) is 31.3 Å². The van der Waals surface area contributed by atoms with Gasteiger partial charge in [-0.25, -0.2) is 0 Å². The molecule has 35 heavy (non-hydrogen) atoms. The van der Waals surface area contributed by atoms with E-state index in [1.54, 1.807) is 0 Å². The molecule has 1 fully saturated rings. The molecule has 2 aromatic carbocycles. The van der Waals surface area contributed by atoms with Crippen LogP contribution in [0.15, 0.2) is 39.5 Å². The van der Waals surface area contributed by atoms with E-state index in [-0.39, 0.29) is 59.0 Å². The molecule has 3 atom stereocenters. The monoisotopic (exact) mass is 496 g/mol. The fourth-order valence-corrected chi connectivity index (χ4v) is 3.51. The molecule has 0 bridgehead atoms. The average molecular weight is 496 g/mol. The summed E-state index contributed by atoms with van der Waals surface area (Å²) in [6.07, 6.45) is -1.80. The van der Waals surface area contributed by atoms with Crippen molar-refractivity contribution in [1.82, 2.24) is 0 Å². The first-order valence-corrected chi connectivity index (χ1v) is 10.3. The van der Waals surface area contributed by atoms with Crippen LogP contribution in [0, 0.1) is 0 Å². The van der Waals surface area contributed by atoms with E-state index in [1.807, 2.05) is 0 Å². The summed E-state index contributed by atoms with van der Waals surface area (Å²) in [4.78, 5) is 12.5. The normalized spacial score (nSPS) is 19.2. The van der Waals surface area contributed by atoms with Crippen LogP contribution in [0.4, 0.5) is 0 Å². The number of fused-ring (bicyclic) bond motifs is 1. The molecule has 12 heteroatoms. The van der Waals surface area contributed by atoms with E-state index in [0.717, 1.165) is 26.4 Å². The highest BCUT2D eigenvalue weighted by Crippen LogP contribution is 2.38. The molecule has 1 aromatic heterocycles. The Morgan fingerprint density at radius 3 is 2.29 bits per heavy atom. The molecule has 2 heterocycles. The number of ether oxygens (including phenoxy) is 2. The lowest BCUT2D eigenvalue weighted by molar-refractivity contribution is -0.185. The number of rotatable bonds is 4. The standard InChI is InChI=1S/C21H20O10.2CH4O/c22-8-12-4-10(23)7-17(29-12)30-15-2-1-9(3-13(15)25)21-20(28)19(27)18-14(26)5-11(24)6-16(18)31-21;2*1-2/h1-3,5-6,10,12,17,22-26,28H,4,7-8H2;2*2H,1H3. The molecule has 12 nitrogen and oxygen atoms in total. The van der Waals surface area contributed by atoms with Crippen LogP contribution in [0.3, 0.4) is 0 Å². The molecule has 1 aliphatic rings. The zero-order valence-electron chi connectivity index (χ0n) is 19.0. The predicted octanol–water partition coefficient (Wildman–Crippen LogP) is 0.736. The van der Waals surface area contributed by atoms with Crippen LogP contribution in [-0.4, -0.2) is 80.2 Å². The lowest BCUT2D eigenvalue weighted by Gasteiger charge is -2.32. The van der Waals surface area contributed by atoms with Gasteiger partial charge in [0.2, 0.25) is 17.5 Å². The summed E-state index contributed by atoms with van der Waals surface area (Å²) < 4.78 is 16.6. The van der Waals surface area contributed by atoms with Crippen LogP contribution >= 0.6 is 0 Å². The topological polar surface area (TPSA) is 211 Å². The number of hydrogen-bond acceptors (Lipinski definition) is 12. The number of aliphatic hydroxyl groups excluding tert-OH is 4. The molecule has 1 saturated heterocycles. The highest BCUT2D eigenvalue weighted by Gasteiger charge is 2.30. The molecule has 4 rings (SSSR count). The van der Waals surface area contributed by atoms with Crippen molar-refractivity contribution in [3.63, 3.8) is 0 Å². The zero-order valence-corrected chi connectivity index (χ0v) is 19.0. The van der Waals surface area contributed by atoms with Gasteiger partial charge in [0.1, 0.15) is 22.5 Å². The summed E-state index contributed by atoms with van der Waals surface area (Å²) in [6, 6.07) is 6.00. The lowest BCUT2D eigenvalue weighted by atomic mass is 10.1. The number of phenolic OH excluding ortho intramolecular Hbond substituents is 3. The molecular weight excluding hydrogens is 468 g/mol. The summed E-state index contributed by atoms with van der Waals surface area (Å²) in [5.41, 5.74) is -0.940. The van der Waals surface area contributed by atoms with Crippen molar-refractivity contribution in [3.05, 3.63) is 40.6 Å². The van der Waals surface area contributed by atoms with Gasteiger partial charge in [-0.1, -0.05) is 0 Å². The van der Waals surface area contributed by atoms with E-state index < -0.39 is 35.4 Å². The van der Waals surface area contributed by atoms with Gasteiger partial charge >= 0.3 is 0 Å². The van der Waals surface area contributed by atoms with E-state index in [1.165, 1.54) is 18.2 Å². The zero-order chi connectivity index (χ0) is 26.3. The maximum Gasteiger partial charge on any atom is 0.238 e. The molecule has 0 radical (unpaired) electrons. The van der Waals surface area contributed by atoms with E-state index >= 15 is 0 Å². The van der Waals surface area contributed by atoms with Crippen molar-refractivity contribution >= 4 is 11.0 Å². The Labute approximate surface area is 199 Å². The summed E-state index contributed by atoms with van der Waals surface area (Å²) in [6.45, 7) is -0.285. The van der Waals surface area contributed by atoms with Crippen molar-refractivity contribution in [1.29, 1.82) is 0 Å². The Morgan fingerprint density at radius 1 is 0.971 bits per heavy atom. The highest BCUT2D eigenvalue weighted by atomic mass is 16.7. The second-order valence-corrected chi connectivity index (χ2v) is 7.24. The van der Waals surface area contributed by atoms with Gasteiger partial charge in [-0.05, 0) is 18.2 Å². The van der Waals surface area contributed by atoms with Crippen LogP contribution in [0.2, 0.25) is 0 Å². The third-order valence-electron chi connectivity index (χ3n) is 4.96. The molecule has 1 aliphatic heterocycles. The summed E-state index contributed by atoms with van der Waals surface area (Å²) in [5.74, 6) is -2.31. The van der Waals surface area contributed by atoms with Gasteiger partial charge in [-0.3, -0.25) is 4.79 Å². The highest BCUT2D eigenvalue weighted by molar-refractivity contribution is 5.88. The van der Waals surface area contributed by atoms with Gasteiger partial charge in [0, 0.05) is 44.8 Å². The largest absolute Gasteiger partial charge is 0.508 e. The number of phenols is 3. The predicted molar refractivity (Wildman–Crippen MR) is 122 cm³/mol. The molecule has 0 spiro atoms. The maximum absolute atomic E-state index is 12.5. The summed E-state index contributed by atoms with van der Waals surface area (Å²) >= 11 is 0. The molecule has 0 saturated carbocycles. The minimum Gasteiger partial charge on any atom is -0.508 e. The van der Waals surface area contributed by atoms with Gasteiger partial charge in [0.15, 0.2) is 17.3 Å². The SMILES string of the molecule is CO.CO.O=c1c(O)c(-c2ccc(OC3CC(O)CC(CO)O3)c(O)c2)oc2cc(O)cc(O)c12. The van der Waals surface area contributed by atoms with Crippen molar-refractivity contribution in [3.8, 4) is 40.1 Å². The van der Waals surface area contributed by atoms with E-state index in [0.29, 0.717) is 0 Å². The Balaban J connectivity index is 0.00000103. The third kappa shape index (κ3) is 6.12. The van der Waals surface area contributed by atoms with Crippen LogP contribution in [0.25, 0.3) is 22.3 Å². The van der Waals surface area contributed by atoms with Crippen LogP contribution < -0.4 is 10.2 Å². The number of aromatic hydroxyl groups is 4. The molecule has 0 aliphatic carbocycles. The average Bonchev–Trinajstić information content (AvgIpc) is 2.84. The Hall–Kier alpha value is -3.55. The quantitative estimate of drug-likeness (QED) is 0.251. The van der Waals surface area contributed by atoms with Crippen LogP contribution in [-0.2, 0) is 4.74 Å². The Bertz CT molecular complexity index is 1190. The fraction of sp³-hybridized carbons (Fsp3) is 0.348. The van der Waals surface area contributed by atoms with Crippen molar-refractivity contribution in [2.75, 3.05) is 20.8 Å². The van der Waals surface area contributed by atoms with Crippen molar-refractivity contribution in [2.24, 2.45) is 0 Å². The maximum atomic E-state index is 12.5. The third-order valence-corrected chi connectivity index (χ3v) is 4.96. The molecule has 3 aromatic rings. The van der Waals surface area contributed by atoms with Gasteiger partial charge in [0.05, 0.1) is 18.8 Å². The first kappa shape index (κ1) is 27.7. The molecule has 192 valence electrons. The molecule has 3 unspecified atom stereocenters. The molecule has 8 N–H and O–H groups in total. The van der Waals surface area contributed by atoms with E-state index in [2.05, 4.69) is 0 Å². The fourth-order valence-electron chi connectivity index (χ4n) is 3.51. The molecule has 0 amide bonds. The summed E-state index contributed by atoms with van der Waals surface area (Å²) in [7, 11) is 2.00. The summed E-state index contributed by atoms with van der Waals surface area (Å²) in [5, 5.41) is 73.0. The van der Waals surface area contributed by atoms with Gasteiger partial charge < -0.3 is 54.7 Å². The van der Waals surface area contributed by atoms with E-state index in [4.69, 9.17) is 24.1 Å². The smallest absolute Gasteiger partial charge is 0.238 e. The second-order valence-electron chi connectivity index (χ2n) is 7.24. The van der Waals surface area contributed by atoms with Gasteiger partial charge in [-0.2, -0.15) is 0 Å². The van der Waals surface area contributed by atoms with E-state index in [9.17, 15) is 35.4 Å². The number of benzene rings is 2. The van der Waals surface area contributed by atoms with Crippen LogP contribution in [0.1, 0.15) is 12.8 Å². The minimum atomic E-state index is -0.909.